The first kappa shape index (κ1) is 12.2. The van der Waals surface area contributed by atoms with Gasteiger partial charge in [-0.15, -0.1) is 11.3 Å². The Balaban J connectivity index is 2.29. The number of rotatable bonds is 1. The summed E-state index contributed by atoms with van der Waals surface area (Å²) in [6, 6.07) is 4.05. The van der Waals surface area contributed by atoms with Crippen LogP contribution in [0.2, 0.25) is 0 Å². The Bertz CT molecular complexity index is 745. The Morgan fingerprint density at radius 1 is 1.33 bits per heavy atom. The van der Waals surface area contributed by atoms with Gasteiger partial charge in [0.2, 0.25) is 0 Å². The standard InChI is InChI=1S/C12H9Br2N3S/c1-6-2-10-16-11(9-3-7(13)5-18-9)12(15)17(10)4-8(6)14/h2-5H,15H2,1H3. The number of nitrogens with zero attached hydrogens (tertiary/aromatic N) is 2. The minimum Gasteiger partial charge on any atom is -0.383 e. The van der Waals surface area contributed by atoms with Crippen LogP contribution in [0.15, 0.2) is 32.7 Å². The van der Waals surface area contributed by atoms with E-state index in [1.54, 1.807) is 11.3 Å². The quantitative estimate of drug-likeness (QED) is 0.670. The second-order valence-electron chi connectivity index (χ2n) is 4.01. The van der Waals surface area contributed by atoms with Crippen molar-refractivity contribution in [3.63, 3.8) is 0 Å². The summed E-state index contributed by atoms with van der Waals surface area (Å²) in [7, 11) is 0. The van der Waals surface area contributed by atoms with Gasteiger partial charge in [0.1, 0.15) is 17.2 Å². The van der Waals surface area contributed by atoms with E-state index in [9.17, 15) is 0 Å². The highest BCUT2D eigenvalue weighted by Gasteiger charge is 2.14. The molecule has 3 aromatic rings. The van der Waals surface area contributed by atoms with Crippen molar-refractivity contribution in [2.75, 3.05) is 5.73 Å². The molecule has 3 heterocycles. The molecule has 3 rings (SSSR count). The SMILES string of the molecule is Cc1cc2nc(-c3cc(Br)cs3)c(N)n2cc1Br. The number of aromatic nitrogens is 2. The lowest BCUT2D eigenvalue weighted by Gasteiger charge is -2.00. The molecule has 0 aromatic carbocycles. The largest absolute Gasteiger partial charge is 0.383 e. The number of hydrogen-bond donors (Lipinski definition) is 1. The van der Waals surface area contributed by atoms with E-state index in [0.29, 0.717) is 5.82 Å². The molecule has 18 heavy (non-hydrogen) atoms. The molecule has 6 heteroatoms. The molecular formula is C12H9Br2N3S. The van der Waals surface area contributed by atoms with Crippen molar-refractivity contribution < 1.29 is 0 Å². The highest BCUT2D eigenvalue weighted by Crippen LogP contribution is 2.34. The predicted octanol–water partition coefficient (Wildman–Crippen LogP) is 4.48. The minimum atomic E-state index is 0.667. The van der Waals surface area contributed by atoms with Gasteiger partial charge in [-0.2, -0.15) is 0 Å². The maximum absolute atomic E-state index is 6.17. The first-order valence-electron chi connectivity index (χ1n) is 5.24. The van der Waals surface area contributed by atoms with Gasteiger partial charge in [-0.3, -0.25) is 4.40 Å². The van der Waals surface area contributed by atoms with Crippen LogP contribution in [0, 0.1) is 6.92 Å². The van der Waals surface area contributed by atoms with Crippen LogP contribution in [0.4, 0.5) is 5.82 Å². The third-order valence-corrected chi connectivity index (χ3v) is 5.27. The van der Waals surface area contributed by atoms with Crippen LogP contribution < -0.4 is 5.73 Å². The number of pyridine rings is 1. The van der Waals surface area contributed by atoms with Gasteiger partial charge in [0.15, 0.2) is 0 Å². The number of thiophene rings is 1. The topological polar surface area (TPSA) is 43.3 Å². The Labute approximate surface area is 125 Å². The molecule has 0 saturated carbocycles. The number of anilines is 1. The summed E-state index contributed by atoms with van der Waals surface area (Å²) in [6.07, 6.45) is 1.96. The zero-order valence-electron chi connectivity index (χ0n) is 9.45. The van der Waals surface area contributed by atoms with Gasteiger partial charge in [-0.05, 0) is 56.5 Å². The van der Waals surface area contributed by atoms with E-state index in [4.69, 9.17) is 5.73 Å². The summed E-state index contributed by atoms with van der Waals surface area (Å²) in [5.74, 6) is 0.667. The summed E-state index contributed by atoms with van der Waals surface area (Å²) in [5, 5.41) is 2.03. The molecule has 0 unspecified atom stereocenters. The van der Waals surface area contributed by atoms with Crippen molar-refractivity contribution in [3.8, 4) is 10.6 Å². The number of fused-ring (bicyclic) bond motifs is 1. The van der Waals surface area contributed by atoms with Crippen molar-refractivity contribution in [3.05, 3.63) is 38.2 Å². The number of aryl methyl sites for hydroxylation is 1. The van der Waals surface area contributed by atoms with Crippen molar-refractivity contribution in [1.82, 2.24) is 9.38 Å². The molecule has 2 N–H and O–H groups in total. The highest BCUT2D eigenvalue weighted by molar-refractivity contribution is 9.10. The number of halogens is 2. The third kappa shape index (κ3) is 1.88. The molecular weight excluding hydrogens is 378 g/mol. The lowest BCUT2D eigenvalue weighted by atomic mass is 10.3. The third-order valence-electron chi connectivity index (χ3n) is 2.74. The van der Waals surface area contributed by atoms with Gasteiger partial charge >= 0.3 is 0 Å². The predicted molar refractivity (Wildman–Crippen MR) is 83.1 cm³/mol. The Hall–Kier alpha value is -0.850. The molecule has 0 aliphatic heterocycles. The molecule has 0 aliphatic rings. The van der Waals surface area contributed by atoms with Crippen LogP contribution in [0.5, 0.6) is 0 Å². The van der Waals surface area contributed by atoms with Crippen molar-refractivity contribution >= 4 is 54.7 Å². The van der Waals surface area contributed by atoms with Crippen LogP contribution in [0.1, 0.15) is 5.56 Å². The monoisotopic (exact) mass is 385 g/mol. The smallest absolute Gasteiger partial charge is 0.139 e. The number of nitrogens with two attached hydrogens (primary N) is 1. The average molecular weight is 387 g/mol. The van der Waals surface area contributed by atoms with Crippen LogP contribution in [0.25, 0.3) is 16.2 Å². The summed E-state index contributed by atoms with van der Waals surface area (Å²) >= 11 is 8.59. The first-order chi connectivity index (χ1) is 8.56. The van der Waals surface area contributed by atoms with Gasteiger partial charge in [0, 0.05) is 20.5 Å². The molecule has 3 aromatic heterocycles. The van der Waals surface area contributed by atoms with E-state index >= 15 is 0 Å². The van der Waals surface area contributed by atoms with Crippen molar-refractivity contribution in [2.45, 2.75) is 6.92 Å². The van der Waals surface area contributed by atoms with Crippen LogP contribution in [0.3, 0.4) is 0 Å². The van der Waals surface area contributed by atoms with Gasteiger partial charge < -0.3 is 5.73 Å². The second kappa shape index (κ2) is 4.36. The zero-order valence-corrected chi connectivity index (χ0v) is 13.4. The van der Waals surface area contributed by atoms with E-state index in [0.717, 1.165) is 30.7 Å². The number of nitrogen functional groups attached to an aromatic ring is 1. The second-order valence-corrected chi connectivity index (χ2v) is 6.69. The summed E-state index contributed by atoms with van der Waals surface area (Å²) in [5.41, 5.74) is 9.02. The Morgan fingerprint density at radius 2 is 2.11 bits per heavy atom. The highest BCUT2D eigenvalue weighted by atomic mass is 79.9. The van der Waals surface area contributed by atoms with E-state index in [1.807, 2.05) is 35.0 Å². The van der Waals surface area contributed by atoms with Crippen molar-refractivity contribution in [1.29, 1.82) is 0 Å². The summed E-state index contributed by atoms with van der Waals surface area (Å²) in [4.78, 5) is 5.67. The molecule has 0 radical (unpaired) electrons. The fraction of sp³-hybridized carbons (Fsp3) is 0.0833. The number of hydrogen-bond acceptors (Lipinski definition) is 3. The van der Waals surface area contributed by atoms with Gasteiger partial charge in [0.05, 0.1) is 4.88 Å². The zero-order chi connectivity index (χ0) is 12.9. The lowest BCUT2D eigenvalue weighted by Crippen LogP contribution is -1.94. The van der Waals surface area contributed by atoms with Crippen LogP contribution >= 0.6 is 43.2 Å². The molecule has 0 aliphatic carbocycles. The molecule has 0 fully saturated rings. The van der Waals surface area contributed by atoms with E-state index < -0.39 is 0 Å². The Morgan fingerprint density at radius 3 is 2.78 bits per heavy atom. The molecule has 0 saturated heterocycles. The fourth-order valence-corrected chi connectivity index (χ4v) is 3.54. The lowest BCUT2D eigenvalue weighted by molar-refractivity contribution is 1.16. The normalized spacial score (nSPS) is 11.3. The van der Waals surface area contributed by atoms with Crippen LogP contribution in [-0.2, 0) is 0 Å². The fourth-order valence-electron chi connectivity index (χ4n) is 1.80. The number of imidazole rings is 1. The van der Waals surface area contributed by atoms with E-state index in [-0.39, 0.29) is 0 Å². The summed E-state index contributed by atoms with van der Waals surface area (Å²) in [6.45, 7) is 2.04. The van der Waals surface area contributed by atoms with Gasteiger partial charge in [-0.1, -0.05) is 0 Å². The molecule has 0 atom stereocenters. The average Bonchev–Trinajstić information content (AvgIpc) is 2.86. The van der Waals surface area contributed by atoms with Gasteiger partial charge in [-0.25, -0.2) is 4.98 Å². The van der Waals surface area contributed by atoms with E-state index in [2.05, 4.69) is 36.8 Å². The Kier molecular flexibility index (Phi) is 2.96. The van der Waals surface area contributed by atoms with Gasteiger partial charge in [0.25, 0.3) is 0 Å². The van der Waals surface area contributed by atoms with E-state index in [1.165, 1.54) is 0 Å². The molecule has 0 spiro atoms. The molecule has 0 bridgehead atoms. The maximum Gasteiger partial charge on any atom is 0.139 e. The maximum atomic E-state index is 6.17. The molecule has 3 nitrogen and oxygen atoms in total. The van der Waals surface area contributed by atoms with Crippen LogP contribution in [-0.4, -0.2) is 9.38 Å². The first-order valence-corrected chi connectivity index (χ1v) is 7.71. The summed E-state index contributed by atoms with van der Waals surface area (Å²) < 4.78 is 3.98. The molecule has 92 valence electrons. The van der Waals surface area contributed by atoms with Crippen molar-refractivity contribution in [2.24, 2.45) is 0 Å². The minimum absolute atomic E-state index is 0.667. The molecule has 0 amide bonds.